The molecule has 0 radical (unpaired) electrons. The number of nitrogens with zero attached hydrogens (tertiary/aromatic N) is 3. The summed E-state index contributed by atoms with van der Waals surface area (Å²) in [5, 5.41) is 10.8. The summed E-state index contributed by atoms with van der Waals surface area (Å²) >= 11 is 6.88. The summed E-state index contributed by atoms with van der Waals surface area (Å²) in [4.78, 5) is 17.5. The number of anilines is 2. The van der Waals surface area contributed by atoms with E-state index in [0.29, 0.717) is 30.5 Å². The predicted molar refractivity (Wildman–Crippen MR) is 129 cm³/mol. The number of nitrogens with one attached hydrogen (secondary N) is 2. The maximum absolute atomic E-state index is 13.0. The average molecular weight is 541 g/mol. The summed E-state index contributed by atoms with van der Waals surface area (Å²) in [5.41, 5.74) is 2.69. The zero-order valence-corrected chi connectivity index (χ0v) is 19.6. The summed E-state index contributed by atoms with van der Waals surface area (Å²) in [5.74, 6) is 0.517. The van der Waals surface area contributed by atoms with E-state index in [2.05, 4.69) is 52.6 Å². The molecule has 0 atom stereocenters. The first kappa shape index (κ1) is 21.3. The Morgan fingerprint density at radius 3 is 1.90 bits per heavy atom. The van der Waals surface area contributed by atoms with Crippen LogP contribution in [0.3, 0.4) is 0 Å². The Morgan fingerprint density at radius 1 is 0.774 bits per heavy atom. The molecule has 2 N–H and O–H groups in total. The lowest BCUT2D eigenvalue weighted by Crippen LogP contribution is -2.17. The fraction of sp³-hybridized carbons (Fsp3) is 0.0870. The van der Waals surface area contributed by atoms with Crippen LogP contribution >= 0.6 is 31.9 Å². The van der Waals surface area contributed by atoms with E-state index in [-0.39, 0.29) is 5.91 Å². The highest BCUT2D eigenvalue weighted by Gasteiger charge is 2.17. The van der Waals surface area contributed by atoms with E-state index in [0.717, 1.165) is 20.1 Å². The van der Waals surface area contributed by atoms with E-state index in [4.69, 9.17) is 0 Å². The van der Waals surface area contributed by atoms with Crippen LogP contribution in [0, 0.1) is 0 Å². The number of halogens is 2. The quantitative estimate of drug-likeness (QED) is 0.314. The molecule has 0 spiro atoms. The Bertz CT molecular complexity index is 1160. The van der Waals surface area contributed by atoms with Gasteiger partial charge in [-0.25, -0.2) is 0 Å². The van der Waals surface area contributed by atoms with Gasteiger partial charge < -0.3 is 10.6 Å². The van der Waals surface area contributed by atoms with Crippen LogP contribution in [-0.2, 0) is 13.1 Å². The second-order valence-corrected chi connectivity index (χ2v) is 8.63. The molecule has 0 unspecified atom stereocenters. The monoisotopic (exact) mass is 539 g/mol. The van der Waals surface area contributed by atoms with Gasteiger partial charge in [-0.05, 0) is 47.5 Å². The highest BCUT2D eigenvalue weighted by Crippen LogP contribution is 2.17. The molecule has 156 valence electrons. The largest absolute Gasteiger partial charge is 0.350 e. The van der Waals surface area contributed by atoms with Crippen LogP contribution in [0.5, 0.6) is 0 Å². The first-order valence-electron chi connectivity index (χ1n) is 9.62. The molecule has 1 heterocycles. The highest BCUT2D eigenvalue weighted by atomic mass is 79.9. The van der Waals surface area contributed by atoms with Gasteiger partial charge >= 0.3 is 0 Å². The van der Waals surface area contributed by atoms with E-state index >= 15 is 0 Å². The summed E-state index contributed by atoms with van der Waals surface area (Å²) in [7, 11) is 0. The molecule has 0 saturated carbocycles. The lowest BCUT2D eigenvalue weighted by atomic mass is 10.2. The Morgan fingerprint density at radius 2 is 1.32 bits per heavy atom. The first-order chi connectivity index (χ1) is 15.1. The van der Waals surface area contributed by atoms with Crippen molar-refractivity contribution in [1.29, 1.82) is 0 Å². The second kappa shape index (κ2) is 9.89. The number of carbonyl (C=O) groups excluding carboxylic acids is 1. The van der Waals surface area contributed by atoms with Crippen molar-refractivity contribution in [1.82, 2.24) is 14.8 Å². The van der Waals surface area contributed by atoms with Gasteiger partial charge in [0.2, 0.25) is 11.9 Å². The Labute approximate surface area is 197 Å². The minimum absolute atomic E-state index is 0.247. The van der Waals surface area contributed by atoms with Gasteiger partial charge in [-0.3, -0.25) is 4.79 Å². The molecule has 4 aromatic rings. The van der Waals surface area contributed by atoms with Crippen molar-refractivity contribution in [2.24, 2.45) is 0 Å². The number of aromatic nitrogens is 3. The van der Waals surface area contributed by atoms with Gasteiger partial charge in [0.1, 0.15) is 0 Å². The SMILES string of the molecule is O=C(c1ccccc1)n1nc(NCc2ccc(Br)cc2)nc1NCc1ccc(Br)cc1. The molecule has 0 aliphatic rings. The van der Waals surface area contributed by atoms with Gasteiger partial charge in [0.15, 0.2) is 0 Å². The van der Waals surface area contributed by atoms with E-state index < -0.39 is 0 Å². The molecular formula is C23H19Br2N5O. The minimum Gasteiger partial charge on any atom is -0.350 e. The standard InChI is InChI=1S/C23H19Br2N5O/c24-19-10-6-16(7-11-19)14-26-22-28-23(27-15-17-8-12-20(25)13-9-17)30(29-22)21(31)18-4-2-1-3-5-18/h1-13H,14-15H2,(H2,26,27,28,29). The van der Waals surface area contributed by atoms with Crippen LogP contribution in [0.1, 0.15) is 21.5 Å². The number of hydrogen-bond donors (Lipinski definition) is 2. The zero-order valence-electron chi connectivity index (χ0n) is 16.4. The lowest BCUT2D eigenvalue weighted by Gasteiger charge is -2.07. The Hall–Kier alpha value is -2.97. The highest BCUT2D eigenvalue weighted by molar-refractivity contribution is 9.10. The van der Waals surface area contributed by atoms with Crippen molar-refractivity contribution in [3.63, 3.8) is 0 Å². The normalized spacial score (nSPS) is 10.6. The molecule has 1 aromatic heterocycles. The summed E-state index contributed by atoms with van der Waals surface area (Å²) < 4.78 is 3.34. The van der Waals surface area contributed by atoms with Crippen molar-refractivity contribution in [2.75, 3.05) is 10.6 Å². The van der Waals surface area contributed by atoms with E-state index in [9.17, 15) is 4.79 Å². The van der Waals surface area contributed by atoms with Crippen molar-refractivity contribution in [3.8, 4) is 0 Å². The number of rotatable bonds is 7. The van der Waals surface area contributed by atoms with Crippen molar-refractivity contribution >= 4 is 49.7 Å². The van der Waals surface area contributed by atoms with Crippen LogP contribution in [0.2, 0.25) is 0 Å². The number of benzene rings is 3. The molecule has 0 amide bonds. The molecular weight excluding hydrogens is 522 g/mol. The predicted octanol–water partition coefficient (Wildman–Crippen LogP) is 5.72. The molecule has 0 saturated heterocycles. The van der Waals surface area contributed by atoms with Crippen molar-refractivity contribution in [2.45, 2.75) is 13.1 Å². The number of hydrogen-bond acceptors (Lipinski definition) is 5. The maximum atomic E-state index is 13.0. The third kappa shape index (κ3) is 5.59. The van der Waals surface area contributed by atoms with Gasteiger partial charge in [0.25, 0.3) is 5.91 Å². The topological polar surface area (TPSA) is 71.8 Å². The molecule has 0 aliphatic carbocycles. The second-order valence-electron chi connectivity index (χ2n) is 6.80. The molecule has 6 nitrogen and oxygen atoms in total. The van der Waals surface area contributed by atoms with Crippen LogP contribution in [-0.4, -0.2) is 20.7 Å². The molecule has 0 bridgehead atoms. The third-order valence-corrected chi connectivity index (χ3v) is 5.61. The molecule has 4 rings (SSSR count). The van der Waals surface area contributed by atoms with E-state index in [1.165, 1.54) is 4.68 Å². The van der Waals surface area contributed by atoms with Gasteiger partial charge in [-0.1, -0.05) is 74.3 Å². The van der Waals surface area contributed by atoms with Crippen LogP contribution in [0.15, 0.2) is 87.8 Å². The fourth-order valence-corrected chi connectivity index (χ4v) is 3.44. The minimum atomic E-state index is -0.247. The summed E-state index contributed by atoms with van der Waals surface area (Å²) in [6.07, 6.45) is 0. The maximum Gasteiger partial charge on any atom is 0.281 e. The van der Waals surface area contributed by atoms with Crippen LogP contribution in [0.25, 0.3) is 0 Å². The Balaban J connectivity index is 1.55. The zero-order chi connectivity index (χ0) is 21.6. The molecule has 3 aromatic carbocycles. The van der Waals surface area contributed by atoms with Crippen LogP contribution in [0.4, 0.5) is 11.9 Å². The van der Waals surface area contributed by atoms with E-state index in [1.54, 1.807) is 12.1 Å². The summed E-state index contributed by atoms with van der Waals surface area (Å²) in [6, 6.07) is 25.0. The molecule has 8 heteroatoms. The number of carbonyl (C=O) groups is 1. The third-order valence-electron chi connectivity index (χ3n) is 4.55. The van der Waals surface area contributed by atoms with Crippen molar-refractivity contribution in [3.05, 3.63) is 104 Å². The van der Waals surface area contributed by atoms with Gasteiger partial charge in [0.05, 0.1) is 0 Å². The molecule has 0 aliphatic heterocycles. The van der Waals surface area contributed by atoms with Crippen molar-refractivity contribution < 1.29 is 4.79 Å². The summed E-state index contributed by atoms with van der Waals surface area (Å²) in [6.45, 7) is 1.06. The molecule has 31 heavy (non-hydrogen) atoms. The first-order valence-corrected chi connectivity index (χ1v) is 11.2. The Kier molecular flexibility index (Phi) is 6.79. The van der Waals surface area contributed by atoms with E-state index in [1.807, 2.05) is 66.7 Å². The van der Waals surface area contributed by atoms with Gasteiger partial charge in [-0.15, -0.1) is 5.10 Å². The van der Waals surface area contributed by atoms with Gasteiger partial charge in [-0.2, -0.15) is 9.67 Å². The lowest BCUT2D eigenvalue weighted by molar-refractivity contribution is 0.0947. The fourth-order valence-electron chi connectivity index (χ4n) is 2.91. The van der Waals surface area contributed by atoms with Gasteiger partial charge in [0, 0.05) is 27.6 Å². The molecule has 0 fully saturated rings. The smallest absolute Gasteiger partial charge is 0.281 e. The van der Waals surface area contributed by atoms with Crippen LogP contribution < -0.4 is 10.6 Å². The average Bonchev–Trinajstić information content (AvgIpc) is 3.21.